The molecule has 4 nitrogen and oxygen atoms in total. The van der Waals surface area contributed by atoms with Gasteiger partial charge in [0.05, 0.1) is 6.10 Å². The fraction of sp³-hybridized carbons (Fsp3) is 0.650. The Kier molecular flexibility index (Phi) is 4.86. The SMILES string of the molecule is O=C(NC1CCC1)[C@@H]1CCO[C@@H]2CCN(Cc3ccccc3)C[C@@H]21. The highest BCUT2D eigenvalue weighted by molar-refractivity contribution is 5.79. The van der Waals surface area contributed by atoms with Crippen LogP contribution in [0.25, 0.3) is 0 Å². The van der Waals surface area contributed by atoms with E-state index >= 15 is 0 Å². The van der Waals surface area contributed by atoms with E-state index in [0.29, 0.717) is 12.0 Å². The molecule has 0 radical (unpaired) electrons. The van der Waals surface area contributed by atoms with Crippen LogP contribution in [0.15, 0.2) is 30.3 Å². The van der Waals surface area contributed by atoms with Crippen LogP contribution in [0.3, 0.4) is 0 Å². The summed E-state index contributed by atoms with van der Waals surface area (Å²) in [6.07, 6.45) is 5.76. The van der Waals surface area contributed by atoms with Gasteiger partial charge in [-0.2, -0.15) is 0 Å². The molecule has 1 aromatic carbocycles. The van der Waals surface area contributed by atoms with Crippen molar-refractivity contribution in [3.63, 3.8) is 0 Å². The lowest BCUT2D eigenvalue weighted by Crippen LogP contribution is -2.54. The lowest BCUT2D eigenvalue weighted by Gasteiger charge is -2.45. The standard InChI is InChI=1S/C20H28N2O2/c23-20(21-16-7-4-8-16)17-10-12-24-19-9-11-22(14-18(17)19)13-15-5-2-1-3-6-15/h1-3,5-6,16-19H,4,7-14H2,(H,21,23)/t17-,18-,19-/m1/s1. The first-order valence-corrected chi connectivity index (χ1v) is 9.48. The number of hydrogen-bond donors (Lipinski definition) is 1. The van der Waals surface area contributed by atoms with Crippen LogP contribution in [-0.2, 0) is 16.1 Å². The number of benzene rings is 1. The molecule has 2 saturated heterocycles. The Bertz CT molecular complexity index is 558. The second kappa shape index (κ2) is 7.24. The first-order chi connectivity index (χ1) is 11.8. The van der Waals surface area contributed by atoms with Crippen LogP contribution in [0, 0.1) is 11.8 Å². The lowest BCUT2D eigenvalue weighted by molar-refractivity contribution is -0.143. The van der Waals surface area contributed by atoms with Crippen LogP contribution >= 0.6 is 0 Å². The van der Waals surface area contributed by atoms with Crippen molar-refractivity contribution in [2.45, 2.75) is 50.8 Å². The minimum atomic E-state index is 0.128. The average Bonchev–Trinajstić information content (AvgIpc) is 2.58. The number of piperidine rings is 1. The third kappa shape index (κ3) is 3.50. The molecular formula is C20H28N2O2. The number of rotatable bonds is 4. The van der Waals surface area contributed by atoms with Gasteiger partial charge in [-0.25, -0.2) is 0 Å². The first-order valence-electron chi connectivity index (χ1n) is 9.48. The van der Waals surface area contributed by atoms with Gasteiger partial charge in [-0.15, -0.1) is 0 Å². The van der Waals surface area contributed by atoms with Crippen molar-refractivity contribution in [2.75, 3.05) is 19.7 Å². The topological polar surface area (TPSA) is 41.6 Å². The van der Waals surface area contributed by atoms with Crippen molar-refractivity contribution in [3.8, 4) is 0 Å². The van der Waals surface area contributed by atoms with Crippen molar-refractivity contribution in [3.05, 3.63) is 35.9 Å². The summed E-state index contributed by atoms with van der Waals surface area (Å²) in [6, 6.07) is 11.1. The monoisotopic (exact) mass is 328 g/mol. The Morgan fingerprint density at radius 3 is 2.75 bits per heavy atom. The highest BCUT2D eigenvalue weighted by atomic mass is 16.5. The Morgan fingerprint density at radius 1 is 1.17 bits per heavy atom. The number of carbonyl (C=O) groups excluding carboxylic acids is 1. The number of amides is 1. The molecule has 1 N–H and O–H groups in total. The molecule has 1 aliphatic carbocycles. The molecule has 2 aliphatic heterocycles. The molecule has 3 fully saturated rings. The van der Waals surface area contributed by atoms with Crippen molar-refractivity contribution in [1.29, 1.82) is 0 Å². The van der Waals surface area contributed by atoms with Gasteiger partial charge in [0.2, 0.25) is 5.91 Å². The zero-order chi connectivity index (χ0) is 16.4. The lowest BCUT2D eigenvalue weighted by atomic mass is 9.78. The highest BCUT2D eigenvalue weighted by Gasteiger charge is 2.42. The Morgan fingerprint density at radius 2 is 2.00 bits per heavy atom. The van der Waals surface area contributed by atoms with Gasteiger partial charge < -0.3 is 10.1 Å². The van der Waals surface area contributed by atoms with Gasteiger partial charge in [0.1, 0.15) is 0 Å². The minimum absolute atomic E-state index is 0.128. The Hall–Kier alpha value is -1.39. The van der Waals surface area contributed by atoms with Crippen LogP contribution in [0.2, 0.25) is 0 Å². The van der Waals surface area contributed by atoms with Crippen molar-refractivity contribution in [2.24, 2.45) is 11.8 Å². The summed E-state index contributed by atoms with van der Waals surface area (Å²) < 4.78 is 6.00. The predicted octanol–water partition coefficient (Wildman–Crippen LogP) is 2.58. The van der Waals surface area contributed by atoms with Gasteiger partial charge in [-0.05, 0) is 37.7 Å². The summed E-state index contributed by atoms with van der Waals surface area (Å²) in [4.78, 5) is 15.2. The maximum atomic E-state index is 12.7. The maximum Gasteiger partial charge on any atom is 0.223 e. The maximum absolute atomic E-state index is 12.7. The zero-order valence-electron chi connectivity index (χ0n) is 14.3. The van der Waals surface area contributed by atoms with Gasteiger partial charge in [0, 0.05) is 44.1 Å². The molecule has 3 atom stereocenters. The van der Waals surface area contributed by atoms with E-state index in [0.717, 1.165) is 51.9 Å². The largest absolute Gasteiger partial charge is 0.378 e. The third-order valence-corrected chi connectivity index (χ3v) is 5.99. The molecule has 1 saturated carbocycles. The van der Waals surface area contributed by atoms with E-state index < -0.39 is 0 Å². The van der Waals surface area contributed by atoms with Gasteiger partial charge >= 0.3 is 0 Å². The van der Waals surface area contributed by atoms with Gasteiger partial charge in [0.25, 0.3) is 0 Å². The number of nitrogens with one attached hydrogen (secondary N) is 1. The molecule has 2 heterocycles. The predicted molar refractivity (Wildman–Crippen MR) is 93.5 cm³/mol. The molecule has 1 aromatic rings. The second-order valence-corrected chi connectivity index (χ2v) is 7.61. The molecule has 4 rings (SSSR count). The van der Waals surface area contributed by atoms with Crippen molar-refractivity contribution < 1.29 is 9.53 Å². The average molecular weight is 328 g/mol. The number of hydrogen-bond acceptors (Lipinski definition) is 3. The summed E-state index contributed by atoms with van der Waals surface area (Å²) in [5.74, 6) is 0.749. The number of carbonyl (C=O) groups is 1. The second-order valence-electron chi connectivity index (χ2n) is 7.61. The molecule has 4 heteroatoms. The van der Waals surface area contributed by atoms with E-state index in [2.05, 4.69) is 40.5 Å². The fourth-order valence-corrected chi connectivity index (χ4v) is 4.36. The van der Waals surface area contributed by atoms with Gasteiger partial charge in [-0.1, -0.05) is 30.3 Å². The first kappa shape index (κ1) is 16.1. The van der Waals surface area contributed by atoms with Crippen LogP contribution in [0.4, 0.5) is 0 Å². The van der Waals surface area contributed by atoms with Crippen LogP contribution in [-0.4, -0.2) is 42.6 Å². The summed E-state index contributed by atoms with van der Waals surface area (Å²) >= 11 is 0. The number of likely N-dealkylation sites (tertiary alicyclic amines) is 1. The number of fused-ring (bicyclic) bond motifs is 1. The van der Waals surface area contributed by atoms with Gasteiger partial charge in [-0.3, -0.25) is 9.69 Å². The molecule has 1 amide bonds. The Balaban J connectivity index is 1.40. The van der Waals surface area contributed by atoms with Crippen molar-refractivity contribution in [1.82, 2.24) is 10.2 Å². The summed E-state index contributed by atoms with van der Waals surface area (Å²) in [5, 5.41) is 3.27. The van der Waals surface area contributed by atoms with E-state index in [4.69, 9.17) is 4.74 Å². The molecule has 3 aliphatic rings. The van der Waals surface area contributed by atoms with E-state index in [1.54, 1.807) is 0 Å². The summed E-state index contributed by atoms with van der Waals surface area (Å²) in [7, 11) is 0. The summed E-state index contributed by atoms with van der Waals surface area (Å²) in [5.41, 5.74) is 1.35. The summed E-state index contributed by atoms with van der Waals surface area (Å²) in [6.45, 7) is 3.75. The van der Waals surface area contributed by atoms with Crippen LogP contribution < -0.4 is 5.32 Å². The molecule has 0 spiro atoms. The molecule has 0 unspecified atom stereocenters. The van der Waals surface area contributed by atoms with E-state index in [-0.39, 0.29) is 17.9 Å². The quantitative estimate of drug-likeness (QED) is 0.924. The van der Waals surface area contributed by atoms with Gasteiger partial charge in [0.15, 0.2) is 0 Å². The van der Waals surface area contributed by atoms with E-state index in [1.807, 2.05) is 0 Å². The minimum Gasteiger partial charge on any atom is -0.378 e. The smallest absolute Gasteiger partial charge is 0.223 e. The third-order valence-electron chi connectivity index (χ3n) is 5.99. The Labute approximate surface area is 144 Å². The molecular weight excluding hydrogens is 300 g/mol. The van der Waals surface area contributed by atoms with E-state index in [9.17, 15) is 4.79 Å². The van der Waals surface area contributed by atoms with E-state index in [1.165, 1.54) is 12.0 Å². The molecule has 0 bridgehead atoms. The normalized spacial score (nSPS) is 31.1. The zero-order valence-corrected chi connectivity index (χ0v) is 14.3. The van der Waals surface area contributed by atoms with Crippen LogP contribution in [0.1, 0.15) is 37.7 Å². The molecule has 24 heavy (non-hydrogen) atoms. The van der Waals surface area contributed by atoms with Crippen molar-refractivity contribution >= 4 is 5.91 Å². The number of nitrogens with zero attached hydrogens (tertiary/aromatic N) is 1. The molecule has 0 aromatic heterocycles. The molecule has 130 valence electrons. The van der Waals surface area contributed by atoms with Crippen LogP contribution in [0.5, 0.6) is 0 Å². The fourth-order valence-electron chi connectivity index (χ4n) is 4.36. The number of ether oxygens (including phenoxy) is 1. The highest BCUT2D eigenvalue weighted by Crippen LogP contribution is 2.34.